The van der Waals surface area contributed by atoms with Gasteiger partial charge in [-0.3, -0.25) is 0 Å². The second kappa shape index (κ2) is 21.7. The summed E-state index contributed by atoms with van der Waals surface area (Å²) in [4.78, 5) is 2.80. The zero-order valence-electron chi connectivity index (χ0n) is 20.7. The van der Waals surface area contributed by atoms with Crippen LogP contribution in [0.3, 0.4) is 0 Å². The van der Waals surface area contributed by atoms with Crippen molar-refractivity contribution in [2.75, 3.05) is 19.6 Å². The minimum absolute atomic E-state index is 0.874. The summed E-state index contributed by atoms with van der Waals surface area (Å²) >= 11 is 0. The molecule has 0 radical (unpaired) electrons. The van der Waals surface area contributed by atoms with E-state index in [4.69, 9.17) is 0 Å². The van der Waals surface area contributed by atoms with Crippen molar-refractivity contribution in [1.29, 1.82) is 0 Å². The molecule has 0 rings (SSSR count). The van der Waals surface area contributed by atoms with Crippen molar-refractivity contribution in [3.05, 3.63) is 0 Å². The highest BCUT2D eigenvalue weighted by molar-refractivity contribution is 4.61. The average Bonchev–Trinajstić information content (AvgIpc) is 2.65. The third kappa shape index (κ3) is 22.3. The van der Waals surface area contributed by atoms with Crippen molar-refractivity contribution in [1.82, 2.24) is 4.90 Å². The monoisotopic (exact) mass is 395 g/mol. The van der Waals surface area contributed by atoms with Crippen LogP contribution in [0.1, 0.15) is 144 Å². The minimum Gasteiger partial charge on any atom is -0.303 e. The van der Waals surface area contributed by atoms with Gasteiger partial charge >= 0.3 is 0 Å². The second-order valence-corrected chi connectivity index (χ2v) is 10.2. The maximum atomic E-state index is 2.80. The quantitative estimate of drug-likeness (QED) is 0.165. The van der Waals surface area contributed by atoms with Crippen LogP contribution < -0.4 is 0 Å². The SMILES string of the molecule is CCCCCCCCCCCN(CCCCCC(C)C)CCCCCC(C)C. The van der Waals surface area contributed by atoms with E-state index in [1.807, 2.05) is 0 Å². The largest absolute Gasteiger partial charge is 0.303 e. The molecular formula is C27H57N. The summed E-state index contributed by atoms with van der Waals surface area (Å²) < 4.78 is 0. The molecular weight excluding hydrogens is 338 g/mol. The Bertz CT molecular complexity index is 266. The van der Waals surface area contributed by atoms with Gasteiger partial charge in [-0.2, -0.15) is 0 Å². The van der Waals surface area contributed by atoms with E-state index in [0.29, 0.717) is 0 Å². The molecule has 0 aliphatic rings. The molecule has 0 aromatic rings. The molecule has 0 saturated carbocycles. The first-order valence-electron chi connectivity index (χ1n) is 13.3. The van der Waals surface area contributed by atoms with Crippen LogP contribution in [-0.2, 0) is 0 Å². The lowest BCUT2D eigenvalue weighted by molar-refractivity contribution is 0.253. The molecule has 0 saturated heterocycles. The van der Waals surface area contributed by atoms with E-state index in [1.165, 1.54) is 129 Å². The molecule has 0 unspecified atom stereocenters. The van der Waals surface area contributed by atoms with Crippen molar-refractivity contribution in [3.8, 4) is 0 Å². The second-order valence-electron chi connectivity index (χ2n) is 10.2. The molecule has 0 N–H and O–H groups in total. The topological polar surface area (TPSA) is 3.24 Å². The van der Waals surface area contributed by atoms with Gasteiger partial charge in [0, 0.05) is 0 Å². The fraction of sp³-hybridized carbons (Fsp3) is 1.00. The van der Waals surface area contributed by atoms with Gasteiger partial charge in [0.05, 0.1) is 0 Å². The molecule has 0 spiro atoms. The third-order valence-corrected chi connectivity index (χ3v) is 6.09. The zero-order valence-corrected chi connectivity index (χ0v) is 20.7. The molecule has 1 heteroatoms. The molecule has 0 heterocycles. The van der Waals surface area contributed by atoms with E-state index in [2.05, 4.69) is 39.5 Å². The number of unbranched alkanes of at least 4 members (excludes halogenated alkanes) is 12. The molecule has 0 bridgehead atoms. The van der Waals surface area contributed by atoms with Gasteiger partial charge in [-0.25, -0.2) is 0 Å². The zero-order chi connectivity index (χ0) is 20.9. The van der Waals surface area contributed by atoms with Crippen LogP contribution in [0.5, 0.6) is 0 Å². The highest BCUT2D eigenvalue weighted by Crippen LogP contribution is 2.13. The smallest absolute Gasteiger partial charge is 0.00187 e. The van der Waals surface area contributed by atoms with E-state index in [0.717, 1.165) is 11.8 Å². The molecule has 0 aromatic carbocycles. The molecule has 28 heavy (non-hydrogen) atoms. The number of hydrogen-bond donors (Lipinski definition) is 0. The van der Waals surface area contributed by atoms with Gasteiger partial charge in [0.1, 0.15) is 0 Å². The summed E-state index contributed by atoms with van der Waals surface area (Å²) in [5, 5.41) is 0. The highest BCUT2D eigenvalue weighted by atomic mass is 15.1. The van der Waals surface area contributed by atoms with Crippen molar-refractivity contribution in [2.45, 2.75) is 144 Å². The fourth-order valence-corrected chi connectivity index (χ4v) is 4.11. The normalized spacial score (nSPS) is 12.0. The van der Waals surface area contributed by atoms with Crippen molar-refractivity contribution in [3.63, 3.8) is 0 Å². The molecule has 0 aliphatic carbocycles. The molecule has 170 valence electrons. The van der Waals surface area contributed by atoms with Crippen LogP contribution in [0.2, 0.25) is 0 Å². The van der Waals surface area contributed by atoms with Gasteiger partial charge in [-0.05, 0) is 50.7 Å². The summed E-state index contributed by atoms with van der Waals surface area (Å²) in [6, 6.07) is 0. The Labute approximate surface area is 180 Å². The van der Waals surface area contributed by atoms with Crippen LogP contribution >= 0.6 is 0 Å². The maximum Gasteiger partial charge on any atom is -0.00187 e. The highest BCUT2D eigenvalue weighted by Gasteiger charge is 2.05. The first kappa shape index (κ1) is 28.0. The van der Waals surface area contributed by atoms with Crippen LogP contribution in [0.15, 0.2) is 0 Å². The summed E-state index contributed by atoms with van der Waals surface area (Å²) in [5.74, 6) is 1.75. The standard InChI is InChI=1S/C27H57N/c1-6-7-8-9-10-11-12-13-18-23-28(24-19-14-16-21-26(2)3)25-20-15-17-22-27(4)5/h26-27H,6-25H2,1-5H3. The van der Waals surface area contributed by atoms with Crippen LogP contribution in [0.4, 0.5) is 0 Å². The Hall–Kier alpha value is -0.0400. The Morgan fingerprint density at radius 2 is 0.750 bits per heavy atom. The summed E-state index contributed by atoms with van der Waals surface area (Å²) in [5.41, 5.74) is 0. The summed E-state index contributed by atoms with van der Waals surface area (Å²) in [6.07, 6.45) is 24.4. The third-order valence-electron chi connectivity index (χ3n) is 6.09. The van der Waals surface area contributed by atoms with Crippen LogP contribution in [-0.4, -0.2) is 24.5 Å². The predicted molar refractivity (Wildman–Crippen MR) is 130 cm³/mol. The van der Waals surface area contributed by atoms with Gasteiger partial charge in [0.2, 0.25) is 0 Å². The Morgan fingerprint density at radius 1 is 0.429 bits per heavy atom. The number of rotatable bonds is 22. The Morgan fingerprint density at radius 3 is 1.11 bits per heavy atom. The average molecular weight is 396 g/mol. The lowest BCUT2D eigenvalue weighted by Crippen LogP contribution is -2.27. The van der Waals surface area contributed by atoms with Crippen molar-refractivity contribution < 1.29 is 0 Å². The molecule has 0 aliphatic heterocycles. The van der Waals surface area contributed by atoms with Crippen LogP contribution in [0.25, 0.3) is 0 Å². The minimum atomic E-state index is 0.874. The molecule has 0 fully saturated rings. The lowest BCUT2D eigenvalue weighted by Gasteiger charge is -2.22. The molecule has 0 amide bonds. The molecule has 0 atom stereocenters. The van der Waals surface area contributed by atoms with E-state index in [1.54, 1.807) is 0 Å². The number of nitrogens with zero attached hydrogens (tertiary/aromatic N) is 1. The van der Waals surface area contributed by atoms with E-state index < -0.39 is 0 Å². The molecule has 0 aromatic heterocycles. The first-order chi connectivity index (χ1) is 13.6. The van der Waals surface area contributed by atoms with Crippen molar-refractivity contribution >= 4 is 0 Å². The lowest BCUT2D eigenvalue weighted by atomic mass is 10.0. The summed E-state index contributed by atoms with van der Waals surface area (Å²) in [6.45, 7) is 15.8. The predicted octanol–water partition coefficient (Wildman–Crippen LogP) is 9.25. The Balaban J connectivity index is 3.82. The number of hydrogen-bond acceptors (Lipinski definition) is 1. The summed E-state index contributed by atoms with van der Waals surface area (Å²) in [7, 11) is 0. The van der Waals surface area contributed by atoms with E-state index in [-0.39, 0.29) is 0 Å². The van der Waals surface area contributed by atoms with Crippen LogP contribution in [0, 0.1) is 11.8 Å². The van der Waals surface area contributed by atoms with Gasteiger partial charge < -0.3 is 4.90 Å². The van der Waals surface area contributed by atoms with E-state index >= 15 is 0 Å². The van der Waals surface area contributed by atoms with Crippen molar-refractivity contribution in [2.24, 2.45) is 11.8 Å². The van der Waals surface area contributed by atoms with Gasteiger partial charge in [0.25, 0.3) is 0 Å². The van der Waals surface area contributed by atoms with Gasteiger partial charge in [-0.1, -0.05) is 125 Å². The van der Waals surface area contributed by atoms with Gasteiger partial charge in [-0.15, -0.1) is 0 Å². The van der Waals surface area contributed by atoms with E-state index in [9.17, 15) is 0 Å². The fourth-order valence-electron chi connectivity index (χ4n) is 4.11. The maximum absolute atomic E-state index is 2.80. The molecule has 1 nitrogen and oxygen atoms in total. The Kier molecular flexibility index (Phi) is 21.6. The first-order valence-corrected chi connectivity index (χ1v) is 13.3. The van der Waals surface area contributed by atoms with Gasteiger partial charge in [0.15, 0.2) is 0 Å².